The van der Waals surface area contributed by atoms with Crippen LogP contribution in [0, 0.1) is 17.0 Å². The van der Waals surface area contributed by atoms with Crippen LogP contribution in [-0.2, 0) is 14.4 Å². The summed E-state index contributed by atoms with van der Waals surface area (Å²) in [6.45, 7) is 1.57. The van der Waals surface area contributed by atoms with Gasteiger partial charge in [0.05, 0.1) is 22.4 Å². The van der Waals surface area contributed by atoms with Crippen molar-refractivity contribution in [1.82, 2.24) is 10.0 Å². The second-order valence-corrected chi connectivity index (χ2v) is 9.76. The SMILES string of the molecule is Cc1ccc(N2C(=O)[C@@H]3N=NN(CC(=O)N4N=C(c5ccccc5)C[C@H]4c4ccc([N+](=O)[O-])cc4)[C@H]3C2=O)cc1. The molecule has 3 aromatic rings. The van der Waals surface area contributed by atoms with E-state index < -0.39 is 40.8 Å². The minimum absolute atomic E-state index is 0.0603. The number of imide groups is 1. The molecule has 0 spiro atoms. The van der Waals surface area contributed by atoms with E-state index in [0.717, 1.165) is 16.0 Å². The van der Waals surface area contributed by atoms with Crippen LogP contribution < -0.4 is 4.90 Å². The predicted octanol–water partition coefficient (Wildman–Crippen LogP) is 3.57. The topological polar surface area (TPSA) is 141 Å². The number of non-ortho nitro benzene ring substituents is 1. The summed E-state index contributed by atoms with van der Waals surface area (Å²) in [6, 6.07) is 19.8. The summed E-state index contributed by atoms with van der Waals surface area (Å²) in [4.78, 5) is 51.8. The molecule has 3 heterocycles. The van der Waals surface area contributed by atoms with E-state index in [1.54, 1.807) is 36.4 Å². The molecule has 3 aliphatic rings. The lowest BCUT2D eigenvalue weighted by Crippen LogP contribution is -2.44. The molecule has 1 saturated heterocycles. The lowest BCUT2D eigenvalue weighted by molar-refractivity contribution is -0.384. The Hall–Kier alpha value is -5.26. The first kappa shape index (κ1) is 25.0. The van der Waals surface area contributed by atoms with Gasteiger partial charge in [0.2, 0.25) is 0 Å². The number of nitro benzene ring substituents is 1. The van der Waals surface area contributed by atoms with Crippen LogP contribution in [0.2, 0.25) is 0 Å². The third-order valence-corrected chi connectivity index (χ3v) is 7.21. The van der Waals surface area contributed by atoms with E-state index in [1.165, 1.54) is 22.2 Å². The van der Waals surface area contributed by atoms with Crippen molar-refractivity contribution in [3.8, 4) is 0 Å². The summed E-state index contributed by atoms with van der Waals surface area (Å²) in [6.07, 6.45) is 0.389. The molecule has 1 fully saturated rings. The Morgan fingerprint density at radius 1 is 0.975 bits per heavy atom. The molecular weight excluding hydrogens is 514 g/mol. The molecule has 40 heavy (non-hydrogen) atoms. The van der Waals surface area contributed by atoms with Gasteiger partial charge in [-0.25, -0.2) is 9.91 Å². The second-order valence-electron chi connectivity index (χ2n) is 9.76. The van der Waals surface area contributed by atoms with Crippen molar-refractivity contribution in [1.29, 1.82) is 0 Å². The van der Waals surface area contributed by atoms with Crippen LogP contribution in [-0.4, -0.2) is 57.0 Å². The molecule has 3 aliphatic heterocycles. The van der Waals surface area contributed by atoms with Crippen LogP contribution in [0.3, 0.4) is 0 Å². The Kier molecular flexibility index (Phi) is 6.14. The van der Waals surface area contributed by atoms with Gasteiger partial charge in [0, 0.05) is 18.6 Å². The first-order valence-corrected chi connectivity index (χ1v) is 12.6. The van der Waals surface area contributed by atoms with Gasteiger partial charge in [-0.3, -0.25) is 29.5 Å². The van der Waals surface area contributed by atoms with Crippen molar-refractivity contribution < 1.29 is 19.3 Å². The van der Waals surface area contributed by atoms with Gasteiger partial charge >= 0.3 is 0 Å². The number of hydrogen-bond acceptors (Lipinski definition) is 9. The zero-order chi connectivity index (χ0) is 28.0. The normalized spacial score (nSPS) is 21.7. The molecule has 0 aliphatic carbocycles. The van der Waals surface area contributed by atoms with Gasteiger partial charge in [-0.2, -0.15) is 10.2 Å². The summed E-state index contributed by atoms with van der Waals surface area (Å²) < 4.78 is 0. The third-order valence-electron chi connectivity index (χ3n) is 7.21. The smallest absolute Gasteiger partial charge is 0.269 e. The Bertz CT molecular complexity index is 1570. The van der Waals surface area contributed by atoms with E-state index in [1.807, 2.05) is 37.3 Å². The highest BCUT2D eigenvalue weighted by Crippen LogP contribution is 2.35. The van der Waals surface area contributed by atoms with Crippen molar-refractivity contribution in [2.75, 3.05) is 11.4 Å². The van der Waals surface area contributed by atoms with E-state index in [-0.39, 0.29) is 12.2 Å². The Morgan fingerprint density at radius 2 is 1.68 bits per heavy atom. The van der Waals surface area contributed by atoms with E-state index in [2.05, 4.69) is 15.4 Å². The summed E-state index contributed by atoms with van der Waals surface area (Å²) in [7, 11) is 0. The van der Waals surface area contributed by atoms with E-state index >= 15 is 0 Å². The minimum Gasteiger partial charge on any atom is -0.271 e. The van der Waals surface area contributed by atoms with Crippen LogP contribution in [0.5, 0.6) is 0 Å². The van der Waals surface area contributed by atoms with Gasteiger partial charge < -0.3 is 0 Å². The van der Waals surface area contributed by atoms with Gasteiger partial charge in [-0.05, 0) is 30.2 Å². The maximum atomic E-state index is 13.7. The van der Waals surface area contributed by atoms with Crippen LogP contribution in [0.4, 0.5) is 11.4 Å². The number of carbonyl (C=O) groups excluding carboxylic acids is 3. The summed E-state index contributed by atoms with van der Waals surface area (Å²) in [5.74, 6) is -1.45. The zero-order valence-corrected chi connectivity index (χ0v) is 21.3. The average molecular weight is 538 g/mol. The van der Waals surface area contributed by atoms with Gasteiger partial charge in [-0.1, -0.05) is 65.4 Å². The highest BCUT2D eigenvalue weighted by atomic mass is 16.6. The maximum absolute atomic E-state index is 13.7. The fourth-order valence-electron chi connectivity index (χ4n) is 5.14. The number of nitro groups is 1. The molecule has 12 nitrogen and oxygen atoms in total. The number of amides is 3. The third kappa shape index (κ3) is 4.28. The molecule has 0 saturated carbocycles. The monoisotopic (exact) mass is 537 g/mol. The largest absolute Gasteiger partial charge is 0.271 e. The number of hydrogen-bond donors (Lipinski definition) is 0. The number of benzene rings is 3. The average Bonchev–Trinajstić information content (AvgIpc) is 3.65. The van der Waals surface area contributed by atoms with Gasteiger partial charge in [-0.15, -0.1) is 0 Å². The lowest BCUT2D eigenvalue weighted by Gasteiger charge is -2.25. The van der Waals surface area contributed by atoms with Gasteiger partial charge in [0.1, 0.15) is 6.54 Å². The molecular formula is C28H23N7O5. The van der Waals surface area contributed by atoms with E-state index in [0.29, 0.717) is 23.4 Å². The van der Waals surface area contributed by atoms with E-state index in [4.69, 9.17) is 0 Å². The number of aryl methyl sites for hydroxylation is 1. The fourth-order valence-corrected chi connectivity index (χ4v) is 5.14. The molecule has 200 valence electrons. The molecule has 3 atom stereocenters. The highest BCUT2D eigenvalue weighted by molar-refractivity contribution is 6.25. The highest BCUT2D eigenvalue weighted by Gasteiger charge is 2.55. The zero-order valence-electron chi connectivity index (χ0n) is 21.3. The lowest BCUT2D eigenvalue weighted by atomic mass is 9.98. The molecule has 0 aromatic heterocycles. The van der Waals surface area contributed by atoms with Crippen molar-refractivity contribution in [2.45, 2.75) is 31.5 Å². The van der Waals surface area contributed by atoms with Crippen molar-refractivity contribution >= 4 is 34.8 Å². The standard InChI is InChI=1S/C28H23N7O5/c1-17-7-11-20(12-8-17)33-27(37)25-26(28(33)38)32(31-29-25)16-24(36)34-23(19-9-13-21(14-10-19)35(39)40)15-22(30-34)18-5-3-2-4-6-18/h2-14,23,25-26H,15-16H2,1H3/t23-,25+,26+/m0/s1. The van der Waals surface area contributed by atoms with Crippen molar-refractivity contribution in [3.63, 3.8) is 0 Å². The van der Waals surface area contributed by atoms with Gasteiger partial charge in [0.25, 0.3) is 23.4 Å². The molecule has 0 N–H and O–H groups in total. The van der Waals surface area contributed by atoms with E-state index in [9.17, 15) is 24.5 Å². The number of carbonyl (C=O) groups is 3. The van der Waals surface area contributed by atoms with Crippen molar-refractivity contribution in [2.24, 2.45) is 15.4 Å². The quantitative estimate of drug-likeness (QED) is 0.267. The first-order valence-electron chi connectivity index (χ1n) is 12.6. The predicted molar refractivity (Wildman–Crippen MR) is 143 cm³/mol. The molecule has 0 radical (unpaired) electrons. The first-order chi connectivity index (χ1) is 19.3. The second kappa shape index (κ2) is 9.80. The maximum Gasteiger partial charge on any atom is 0.269 e. The Morgan fingerprint density at radius 3 is 2.35 bits per heavy atom. The van der Waals surface area contributed by atoms with Crippen LogP contribution in [0.15, 0.2) is 94.3 Å². The molecule has 0 bridgehead atoms. The Labute approximate surface area is 228 Å². The van der Waals surface area contributed by atoms with Crippen LogP contribution >= 0.6 is 0 Å². The number of nitrogens with zero attached hydrogens (tertiary/aromatic N) is 7. The number of hydrazone groups is 1. The molecule has 0 unspecified atom stereocenters. The number of rotatable bonds is 6. The fraction of sp³-hybridized carbons (Fsp3) is 0.214. The number of anilines is 1. The summed E-state index contributed by atoms with van der Waals surface area (Å²) in [5, 5.41) is 26.3. The molecule has 3 aromatic carbocycles. The molecule has 12 heteroatoms. The van der Waals surface area contributed by atoms with Crippen LogP contribution in [0.25, 0.3) is 0 Å². The van der Waals surface area contributed by atoms with Crippen molar-refractivity contribution in [3.05, 3.63) is 106 Å². The van der Waals surface area contributed by atoms with Gasteiger partial charge in [0.15, 0.2) is 12.1 Å². The summed E-state index contributed by atoms with van der Waals surface area (Å²) >= 11 is 0. The minimum atomic E-state index is -1.03. The molecule has 6 rings (SSSR count). The number of fused-ring (bicyclic) bond motifs is 1. The summed E-state index contributed by atoms with van der Waals surface area (Å²) in [5.41, 5.74) is 3.55. The van der Waals surface area contributed by atoms with Crippen LogP contribution in [0.1, 0.15) is 29.2 Å². The molecule has 3 amide bonds. The Balaban J connectivity index is 1.26.